The van der Waals surface area contributed by atoms with Gasteiger partial charge in [0, 0.05) is 12.8 Å². The second-order valence-corrected chi connectivity index (χ2v) is 23.5. The van der Waals surface area contributed by atoms with Crippen LogP contribution in [0.2, 0.25) is 0 Å². The van der Waals surface area contributed by atoms with Crippen LogP contribution >= 0.6 is 0 Å². The van der Waals surface area contributed by atoms with Crippen LogP contribution < -0.4 is 5.32 Å². The van der Waals surface area contributed by atoms with Gasteiger partial charge in [-0.15, -0.1) is 0 Å². The molecular weight excluding hydrogens is 911 g/mol. The van der Waals surface area contributed by atoms with Crippen LogP contribution in [-0.4, -0.2) is 47.4 Å². The first kappa shape index (κ1) is 72.6. The molecule has 0 bridgehead atoms. The Bertz CT molecular complexity index is 1110. The normalized spacial score (nSPS) is 12.5. The molecule has 0 radical (unpaired) electrons. The average Bonchev–Trinajstić information content (AvgIpc) is 3.40. The number of hydrogen-bond acceptors (Lipinski definition) is 5. The summed E-state index contributed by atoms with van der Waals surface area (Å²) < 4.78 is 5.50. The molecule has 0 aromatic heterocycles. The summed E-state index contributed by atoms with van der Waals surface area (Å²) in [6.07, 6.45) is 78.1. The Morgan fingerprint density at radius 3 is 0.959 bits per heavy atom. The molecule has 0 rings (SSSR count). The van der Waals surface area contributed by atoms with Crippen molar-refractivity contribution < 1.29 is 24.5 Å². The van der Waals surface area contributed by atoms with Crippen LogP contribution in [0.5, 0.6) is 0 Å². The van der Waals surface area contributed by atoms with Crippen molar-refractivity contribution >= 4 is 11.9 Å². The third-order valence-corrected chi connectivity index (χ3v) is 16.1. The fraction of sp³-hybridized carbons (Fsp3) is 0.941. The summed E-state index contributed by atoms with van der Waals surface area (Å²) in [6.45, 7) is 4.99. The van der Waals surface area contributed by atoms with Crippen LogP contribution in [0.15, 0.2) is 12.2 Å². The molecule has 0 aromatic carbocycles. The molecule has 0 fully saturated rings. The second kappa shape index (κ2) is 64.1. The van der Waals surface area contributed by atoms with Crippen molar-refractivity contribution in [2.24, 2.45) is 0 Å². The van der Waals surface area contributed by atoms with Crippen molar-refractivity contribution in [1.29, 1.82) is 0 Å². The summed E-state index contributed by atoms with van der Waals surface area (Å²) in [6, 6.07) is -0.543. The lowest BCUT2D eigenvalue weighted by molar-refractivity contribution is -0.143. The van der Waals surface area contributed by atoms with E-state index in [2.05, 4.69) is 31.3 Å². The molecule has 1 amide bonds. The molecule has 0 saturated heterocycles. The van der Waals surface area contributed by atoms with Crippen LogP contribution in [0, 0.1) is 0 Å². The van der Waals surface area contributed by atoms with Gasteiger partial charge in [0.2, 0.25) is 5.91 Å². The van der Waals surface area contributed by atoms with Crippen molar-refractivity contribution in [3.8, 4) is 0 Å². The lowest BCUT2D eigenvalue weighted by atomic mass is 10.0. The summed E-state index contributed by atoms with van der Waals surface area (Å²) in [5.41, 5.74) is 0. The van der Waals surface area contributed by atoms with E-state index < -0.39 is 12.1 Å². The van der Waals surface area contributed by atoms with E-state index in [1.165, 1.54) is 315 Å². The molecule has 0 aliphatic carbocycles. The van der Waals surface area contributed by atoms with Crippen molar-refractivity contribution in [3.63, 3.8) is 0 Å². The number of hydrogen-bond donors (Lipinski definition) is 3. The molecule has 0 aliphatic rings. The summed E-state index contributed by atoms with van der Waals surface area (Å²) in [5.74, 6) is -0.0171. The Morgan fingerprint density at radius 2 is 0.635 bits per heavy atom. The summed E-state index contributed by atoms with van der Waals surface area (Å²) in [7, 11) is 0. The Balaban J connectivity index is 3.38. The zero-order valence-electron chi connectivity index (χ0n) is 50.4. The SMILES string of the molecule is CCCCCCCCCCCCCCCCCCCC(O)C(CO)NC(=O)CCCCCCCCCCC/C=C\CCCCCCCCCCCCCCOC(=O)CCCCCCCCCCCCCCCCC. The molecule has 0 heterocycles. The molecule has 3 N–H and O–H groups in total. The fourth-order valence-electron chi connectivity index (χ4n) is 10.9. The van der Waals surface area contributed by atoms with Gasteiger partial charge in [0.25, 0.3) is 0 Å². The Morgan fingerprint density at radius 1 is 0.365 bits per heavy atom. The van der Waals surface area contributed by atoms with Gasteiger partial charge in [0.05, 0.1) is 25.4 Å². The molecule has 0 saturated carbocycles. The maximum atomic E-state index is 12.5. The number of ether oxygens (including phenoxy) is 1. The Hall–Kier alpha value is -1.40. The first-order valence-corrected chi connectivity index (χ1v) is 33.9. The number of aliphatic hydroxyl groups excluding tert-OH is 2. The van der Waals surface area contributed by atoms with E-state index in [-0.39, 0.29) is 18.5 Å². The van der Waals surface area contributed by atoms with E-state index in [9.17, 15) is 19.8 Å². The predicted octanol–water partition coefficient (Wildman–Crippen LogP) is 21.6. The number of carbonyl (C=O) groups excluding carboxylic acids is 2. The van der Waals surface area contributed by atoms with Crippen molar-refractivity contribution in [3.05, 3.63) is 12.2 Å². The van der Waals surface area contributed by atoms with Gasteiger partial charge < -0.3 is 20.3 Å². The van der Waals surface area contributed by atoms with E-state index >= 15 is 0 Å². The quantitative estimate of drug-likeness (QED) is 0.0320. The number of amides is 1. The van der Waals surface area contributed by atoms with Gasteiger partial charge in [-0.2, -0.15) is 0 Å². The first-order chi connectivity index (χ1) is 36.5. The summed E-state index contributed by atoms with van der Waals surface area (Å²) in [5, 5.41) is 23.3. The largest absolute Gasteiger partial charge is 0.466 e. The maximum Gasteiger partial charge on any atom is 0.305 e. The van der Waals surface area contributed by atoms with Gasteiger partial charge in [-0.3, -0.25) is 9.59 Å². The minimum atomic E-state index is -0.666. The standard InChI is InChI=1S/C68H133NO5/c1-3-5-7-9-11-13-15-17-19-29-33-36-40-44-48-52-56-60-66(71)65(64-70)69-67(72)61-57-53-49-45-41-37-34-30-27-25-23-21-20-22-24-26-28-31-35-39-43-47-51-55-59-63-74-68(73)62-58-54-50-46-42-38-32-18-16-14-12-10-8-6-4-2/h21,23,65-66,70-71H,3-20,22,24-64H2,1-2H3,(H,69,72)/b23-21-. The zero-order valence-corrected chi connectivity index (χ0v) is 50.4. The maximum absolute atomic E-state index is 12.5. The Kier molecular flexibility index (Phi) is 62.9. The third-order valence-electron chi connectivity index (χ3n) is 16.1. The van der Waals surface area contributed by atoms with E-state index in [4.69, 9.17) is 4.74 Å². The number of esters is 1. The molecule has 2 unspecified atom stereocenters. The lowest BCUT2D eigenvalue weighted by Gasteiger charge is -2.22. The number of rotatable bonds is 64. The molecule has 2 atom stereocenters. The second-order valence-electron chi connectivity index (χ2n) is 23.5. The lowest BCUT2D eigenvalue weighted by Crippen LogP contribution is -2.45. The predicted molar refractivity (Wildman–Crippen MR) is 324 cm³/mol. The van der Waals surface area contributed by atoms with E-state index in [1.807, 2.05) is 0 Å². The van der Waals surface area contributed by atoms with Crippen LogP contribution in [0.4, 0.5) is 0 Å². The highest BCUT2D eigenvalue weighted by Crippen LogP contribution is 2.19. The van der Waals surface area contributed by atoms with Crippen LogP contribution in [0.1, 0.15) is 386 Å². The number of unbranched alkanes of at least 4 members (excludes halogenated alkanes) is 51. The molecule has 6 nitrogen and oxygen atoms in total. The highest BCUT2D eigenvalue weighted by Gasteiger charge is 2.20. The molecule has 440 valence electrons. The number of allylic oxidation sites excluding steroid dienone is 2. The fourth-order valence-corrected chi connectivity index (χ4v) is 10.9. The van der Waals surface area contributed by atoms with E-state index in [0.717, 1.165) is 38.5 Å². The molecule has 0 spiro atoms. The van der Waals surface area contributed by atoms with Crippen molar-refractivity contribution in [2.45, 2.75) is 398 Å². The summed E-state index contributed by atoms with van der Waals surface area (Å²) in [4.78, 5) is 24.6. The molecule has 6 heteroatoms. The van der Waals surface area contributed by atoms with E-state index in [0.29, 0.717) is 25.9 Å². The Labute approximate surface area is 463 Å². The van der Waals surface area contributed by atoms with Crippen molar-refractivity contribution in [2.75, 3.05) is 13.2 Å². The minimum absolute atomic E-state index is 0.0173. The minimum Gasteiger partial charge on any atom is -0.466 e. The monoisotopic (exact) mass is 1040 g/mol. The molecular formula is C68H133NO5. The van der Waals surface area contributed by atoms with Crippen molar-refractivity contribution in [1.82, 2.24) is 5.32 Å². The highest BCUT2D eigenvalue weighted by atomic mass is 16.5. The highest BCUT2D eigenvalue weighted by molar-refractivity contribution is 5.76. The topological polar surface area (TPSA) is 95.9 Å². The molecule has 74 heavy (non-hydrogen) atoms. The van der Waals surface area contributed by atoms with Gasteiger partial charge in [-0.05, 0) is 51.4 Å². The first-order valence-electron chi connectivity index (χ1n) is 33.9. The average molecular weight is 1040 g/mol. The van der Waals surface area contributed by atoms with Gasteiger partial charge >= 0.3 is 5.97 Å². The molecule has 0 aliphatic heterocycles. The summed E-state index contributed by atoms with van der Waals surface area (Å²) >= 11 is 0. The zero-order chi connectivity index (χ0) is 53.6. The third kappa shape index (κ3) is 59.8. The van der Waals surface area contributed by atoms with Crippen LogP contribution in [-0.2, 0) is 14.3 Å². The van der Waals surface area contributed by atoms with E-state index in [1.54, 1.807) is 0 Å². The van der Waals surface area contributed by atoms with Crippen LogP contribution in [0.25, 0.3) is 0 Å². The van der Waals surface area contributed by atoms with Crippen LogP contribution in [0.3, 0.4) is 0 Å². The van der Waals surface area contributed by atoms with Gasteiger partial charge in [0.15, 0.2) is 0 Å². The number of carbonyl (C=O) groups is 2. The van der Waals surface area contributed by atoms with Gasteiger partial charge in [0.1, 0.15) is 0 Å². The smallest absolute Gasteiger partial charge is 0.305 e. The van der Waals surface area contributed by atoms with Gasteiger partial charge in [-0.25, -0.2) is 0 Å². The molecule has 0 aromatic rings. The number of aliphatic hydroxyl groups is 2. The van der Waals surface area contributed by atoms with Gasteiger partial charge in [-0.1, -0.05) is 334 Å². The number of nitrogens with one attached hydrogen (secondary N) is 1.